The van der Waals surface area contributed by atoms with Crippen molar-refractivity contribution in [3.63, 3.8) is 0 Å². The minimum atomic E-state index is -0.331. The minimum Gasteiger partial charge on any atom is -0.495 e. The Kier molecular flexibility index (Phi) is 6.26. The predicted octanol–water partition coefficient (Wildman–Crippen LogP) is 4.44. The lowest BCUT2D eigenvalue weighted by molar-refractivity contribution is -0.114. The van der Waals surface area contributed by atoms with Crippen LogP contribution in [0.25, 0.3) is 5.65 Å². The van der Waals surface area contributed by atoms with Crippen molar-refractivity contribution in [1.29, 1.82) is 0 Å². The van der Waals surface area contributed by atoms with Gasteiger partial charge in [0.1, 0.15) is 23.8 Å². The van der Waals surface area contributed by atoms with Gasteiger partial charge in [-0.15, -0.1) is 0 Å². The average molecular weight is 444 g/mol. The molecule has 8 nitrogen and oxygen atoms in total. The van der Waals surface area contributed by atoms with Crippen molar-refractivity contribution in [1.82, 2.24) is 9.38 Å². The van der Waals surface area contributed by atoms with Gasteiger partial charge in [-0.25, -0.2) is 4.98 Å². The first-order valence-corrected chi connectivity index (χ1v) is 10.4. The molecule has 0 saturated heterocycles. The number of carbonyl (C=O) groups is 2. The number of ether oxygens (including phenoxy) is 2. The summed E-state index contributed by atoms with van der Waals surface area (Å²) in [6, 6.07) is 15.9. The highest BCUT2D eigenvalue weighted by Crippen LogP contribution is 2.28. The molecule has 4 aromatic rings. The van der Waals surface area contributed by atoms with E-state index in [4.69, 9.17) is 9.47 Å². The minimum absolute atomic E-state index is 0.205. The lowest BCUT2D eigenvalue weighted by atomic mass is 10.2. The van der Waals surface area contributed by atoms with E-state index in [1.54, 1.807) is 42.5 Å². The Balaban J connectivity index is 1.47. The number of anilines is 2. The fourth-order valence-corrected chi connectivity index (χ4v) is 3.44. The van der Waals surface area contributed by atoms with Gasteiger partial charge in [0, 0.05) is 30.6 Å². The van der Waals surface area contributed by atoms with Crippen LogP contribution in [0, 0.1) is 6.92 Å². The molecule has 2 aromatic heterocycles. The molecule has 0 spiro atoms. The standard InChI is InChI=1S/C25H24N4O4/c1-16-6-5-11-29-14-20(27-24(16)29)15-33-21-8-4-7-18(12-21)25(31)28-22-13-19(26-17(2)30)9-10-23(22)32-3/h4-14H,15H2,1-3H3,(H,26,30)(H,28,31). The van der Waals surface area contributed by atoms with Crippen molar-refractivity contribution >= 4 is 28.8 Å². The number of benzene rings is 2. The third kappa shape index (κ3) is 5.12. The Morgan fingerprint density at radius 2 is 1.91 bits per heavy atom. The third-order valence-corrected chi connectivity index (χ3v) is 4.98. The van der Waals surface area contributed by atoms with Crippen molar-refractivity contribution in [2.45, 2.75) is 20.5 Å². The molecule has 2 heterocycles. The molecule has 33 heavy (non-hydrogen) atoms. The Labute approximate surface area is 191 Å². The summed E-state index contributed by atoms with van der Waals surface area (Å²) in [6.07, 6.45) is 3.87. The zero-order valence-electron chi connectivity index (χ0n) is 18.6. The fourth-order valence-electron chi connectivity index (χ4n) is 3.44. The van der Waals surface area contributed by atoms with Crippen LogP contribution >= 0.6 is 0 Å². The van der Waals surface area contributed by atoms with Crippen LogP contribution in [0.1, 0.15) is 28.5 Å². The number of fused-ring (bicyclic) bond motifs is 1. The summed E-state index contributed by atoms with van der Waals surface area (Å²) >= 11 is 0. The SMILES string of the molecule is COc1ccc(NC(C)=O)cc1NC(=O)c1cccc(OCc2cn3cccc(C)c3n2)c1. The number of imidazole rings is 1. The van der Waals surface area contributed by atoms with Gasteiger partial charge in [-0.2, -0.15) is 0 Å². The van der Waals surface area contributed by atoms with Gasteiger partial charge in [-0.05, 0) is 55.0 Å². The van der Waals surface area contributed by atoms with Gasteiger partial charge in [0.15, 0.2) is 0 Å². The number of nitrogens with one attached hydrogen (secondary N) is 2. The molecule has 0 atom stereocenters. The summed E-state index contributed by atoms with van der Waals surface area (Å²) < 4.78 is 13.2. The van der Waals surface area contributed by atoms with Crippen LogP contribution in [0.4, 0.5) is 11.4 Å². The number of carbonyl (C=O) groups excluding carboxylic acids is 2. The first-order chi connectivity index (χ1) is 15.9. The van der Waals surface area contributed by atoms with E-state index in [0.717, 1.165) is 16.9 Å². The highest BCUT2D eigenvalue weighted by atomic mass is 16.5. The number of pyridine rings is 1. The summed E-state index contributed by atoms with van der Waals surface area (Å²) in [5, 5.41) is 5.52. The van der Waals surface area contributed by atoms with E-state index in [1.165, 1.54) is 14.0 Å². The van der Waals surface area contributed by atoms with E-state index < -0.39 is 0 Å². The van der Waals surface area contributed by atoms with Gasteiger partial charge in [0.2, 0.25) is 5.91 Å². The second-order valence-electron chi connectivity index (χ2n) is 7.52. The largest absolute Gasteiger partial charge is 0.495 e. The lowest BCUT2D eigenvalue weighted by Gasteiger charge is -2.13. The summed E-state index contributed by atoms with van der Waals surface area (Å²) in [6.45, 7) is 3.70. The highest BCUT2D eigenvalue weighted by Gasteiger charge is 2.13. The molecule has 0 fully saturated rings. The van der Waals surface area contributed by atoms with Crippen LogP contribution in [-0.4, -0.2) is 28.3 Å². The normalized spacial score (nSPS) is 10.6. The Hall–Kier alpha value is -4.33. The molecule has 4 rings (SSSR count). The maximum atomic E-state index is 12.9. The highest BCUT2D eigenvalue weighted by molar-refractivity contribution is 6.05. The van der Waals surface area contributed by atoms with Crippen LogP contribution < -0.4 is 20.1 Å². The summed E-state index contributed by atoms with van der Waals surface area (Å²) in [7, 11) is 1.51. The second-order valence-corrected chi connectivity index (χ2v) is 7.52. The van der Waals surface area contributed by atoms with Crippen molar-refractivity contribution < 1.29 is 19.1 Å². The molecule has 0 unspecified atom stereocenters. The van der Waals surface area contributed by atoms with Crippen LogP contribution in [0.3, 0.4) is 0 Å². The zero-order valence-corrected chi connectivity index (χ0v) is 18.6. The maximum Gasteiger partial charge on any atom is 0.255 e. The zero-order chi connectivity index (χ0) is 23.4. The molecule has 0 aliphatic carbocycles. The molecule has 2 aromatic carbocycles. The number of rotatable bonds is 7. The van der Waals surface area contributed by atoms with Crippen molar-refractivity contribution in [2.24, 2.45) is 0 Å². The Morgan fingerprint density at radius 1 is 1.06 bits per heavy atom. The number of hydrogen-bond donors (Lipinski definition) is 2. The molecule has 0 aliphatic rings. The van der Waals surface area contributed by atoms with Gasteiger partial charge in [-0.3, -0.25) is 9.59 Å². The van der Waals surface area contributed by atoms with E-state index in [9.17, 15) is 9.59 Å². The first kappa shape index (κ1) is 21.9. The van der Waals surface area contributed by atoms with Crippen molar-refractivity contribution in [3.8, 4) is 11.5 Å². The number of nitrogens with zero attached hydrogens (tertiary/aromatic N) is 2. The molecule has 0 bridgehead atoms. The van der Waals surface area contributed by atoms with Crippen LogP contribution in [0.5, 0.6) is 11.5 Å². The number of aromatic nitrogens is 2. The average Bonchev–Trinajstić information content (AvgIpc) is 3.22. The predicted molar refractivity (Wildman–Crippen MR) is 126 cm³/mol. The van der Waals surface area contributed by atoms with Gasteiger partial charge in [0.25, 0.3) is 5.91 Å². The number of amides is 2. The quantitative estimate of drug-likeness (QED) is 0.440. The molecule has 0 aliphatic heterocycles. The van der Waals surface area contributed by atoms with Crippen LogP contribution in [-0.2, 0) is 11.4 Å². The first-order valence-electron chi connectivity index (χ1n) is 10.4. The molecule has 2 amide bonds. The van der Waals surface area contributed by atoms with Gasteiger partial charge in [-0.1, -0.05) is 12.1 Å². The smallest absolute Gasteiger partial charge is 0.255 e. The second kappa shape index (κ2) is 9.44. The summed E-state index contributed by atoms with van der Waals surface area (Å²) in [4.78, 5) is 28.8. The maximum absolute atomic E-state index is 12.9. The van der Waals surface area contributed by atoms with E-state index >= 15 is 0 Å². The molecule has 168 valence electrons. The van der Waals surface area contributed by atoms with Gasteiger partial charge >= 0.3 is 0 Å². The van der Waals surface area contributed by atoms with E-state index in [1.807, 2.05) is 35.9 Å². The van der Waals surface area contributed by atoms with Gasteiger partial charge < -0.3 is 24.5 Å². The Morgan fingerprint density at radius 3 is 2.67 bits per heavy atom. The van der Waals surface area contributed by atoms with E-state index in [2.05, 4.69) is 15.6 Å². The van der Waals surface area contributed by atoms with Crippen LogP contribution in [0.15, 0.2) is 67.0 Å². The molecule has 8 heteroatoms. The molecular formula is C25H24N4O4. The molecular weight excluding hydrogens is 420 g/mol. The topological polar surface area (TPSA) is 94.0 Å². The van der Waals surface area contributed by atoms with E-state index in [-0.39, 0.29) is 18.4 Å². The van der Waals surface area contributed by atoms with Crippen LogP contribution in [0.2, 0.25) is 0 Å². The lowest BCUT2D eigenvalue weighted by Crippen LogP contribution is -2.13. The third-order valence-electron chi connectivity index (χ3n) is 4.98. The summed E-state index contributed by atoms with van der Waals surface area (Å²) in [5.41, 5.74) is 4.18. The van der Waals surface area contributed by atoms with Crippen molar-refractivity contribution in [3.05, 3.63) is 83.8 Å². The molecule has 0 saturated carbocycles. The number of hydrogen-bond acceptors (Lipinski definition) is 5. The van der Waals surface area contributed by atoms with E-state index in [0.29, 0.717) is 28.4 Å². The van der Waals surface area contributed by atoms with Gasteiger partial charge in [0.05, 0.1) is 18.5 Å². The fraction of sp³-hybridized carbons (Fsp3) is 0.160. The number of methoxy groups -OCH3 is 1. The summed E-state index contributed by atoms with van der Waals surface area (Å²) in [5.74, 6) is 0.493. The monoisotopic (exact) mass is 444 g/mol. The molecule has 0 radical (unpaired) electrons. The Bertz CT molecular complexity index is 1330. The molecule has 2 N–H and O–H groups in total. The van der Waals surface area contributed by atoms with Crippen molar-refractivity contribution in [2.75, 3.05) is 17.7 Å². The number of aryl methyl sites for hydroxylation is 1.